The first kappa shape index (κ1) is 42.5. The average Bonchev–Trinajstić information content (AvgIpc) is 3.72. The number of hydrogen-bond donors (Lipinski definition) is 4. The number of thiazole rings is 1. The van der Waals surface area contributed by atoms with E-state index in [0.29, 0.717) is 19.6 Å². The van der Waals surface area contributed by atoms with Crippen LogP contribution in [-0.4, -0.2) is 107 Å². The molecule has 3 atom stereocenters. The zero-order valence-corrected chi connectivity index (χ0v) is 34.4. The molecule has 5 rings (SSSR count). The van der Waals surface area contributed by atoms with E-state index in [1.54, 1.807) is 4.90 Å². The number of rotatable bonds is 18. The van der Waals surface area contributed by atoms with Crippen LogP contribution in [0.5, 0.6) is 5.75 Å². The number of aliphatic hydroxyl groups excluding tert-OH is 1. The van der Waals surface area contributed by atoms with Crippen molar-refractivity contribution in [2.24, 2.45) is 11.8 Å². The normalized spacial score (nSPS) is 15.4. The predicted molar refractivity (Wildman–Crippen MR) is 213 cm³/mol. The summed E-state index contributed by atoms with van der Waals surface area (Å²) in [5, 5.41) is 28.2. The molecular weight excluding hydrogens is 779 g/mol. The third-order valence-electron chi connectivity index (χ3n) is 9.23. The van der Waals surface area contributed by atoms with E-state index in [4.69, 9.17) is 0 Å². The zero-order chi connectivity index (χ0) is 40.8. The fourth-order valence-corrected chi connectivity index (χ4v) is 9.82. The van der Waals surface area contributed by atoms with Gasteiger partial charge in [0, 0.05) is 44.0 Å². The molecule has 302 valence electrons. The van der Waals surface area contributed by atoms with Gasteiger partial charge in [0.2, 0.25) is 15.9 Å². The number of aromatic nitrogens is 2. The van der Waals surface area contributed by atoms with Crippen LogP contribution in [0.3, 0.4) is 0 Å². The van der Waals surface area contributed by atoms with Gasteiger partial charge in [-0.15, -0.1) is 11.3 Å². The van der Waals surface area contributed by atoms with E-state index in [2.05, 4.69) is 20.0 Å². The summed E-state index contributed by atoms with van der Waals surface area (Å²) in [6.45, 7) is 9.76. The fourth-order valence-electron chi connectivity index (χ4n) is 6.54. The van der Waals surface area contributed by atoms with Gasteiger partial charge in [-0.2, -0.15) is 4.31 Å². The fraction of sp³-hybridized carbons (Fsp3) is 0.421. The molecule has 2 aromatic heterocycles. The molecule has 1 unspecified atom stereocenters. The number of pyridine rings is 1. The van der Waals surface area contributed by atoms with E-state index in [0.717, 1.165) is 45.0 Å². The van der Waals surface area contributed by atoms with E-state index in [1.165, 1.54) is 34.6 Å². The molecule has 0 bridgehead atoms. The summed E-state index contributed by atoms with van der Waals surface area (Å²) < 4.78 is 57.9. The van der Waals surface area contributed by atoms with E-state index >= 15 is 0 Å². The molecule has 2 aromatic carbocycles. The van der Waals surface area contributed by atoms with Crippen LogP contribution >= 0.6 is 11.3 Å². The average molecular weight is 828 g/mol. The minimum Gasteiger partial charge on any atom is -0.506 e. The summed E-state index contributed by atoms with van der Waals surface area (Å²) in [4.78, 5) is 38.8. The Morgan fingerprint density at radius 1 is 0.982 bits per heavy atom. The molecule has 0 spiro atoms. The van der Waals surface area contributed by atoms with E-state index in [-0.39, 0.29) is 46.3 Å². The Morgan fingerprint density at radius 3 is 2.34 bits per heavy atom. The molecular formula is C38H49N7O8S3. The Labute approximate surface area is 332 Å². The van der Waals surface area contributed by atoms with Crippen LogP contribution in [0.1, 0.15) is 44.0 Å². The highest BCUT2D eigenvalue weighted by atomic mass is 32.2. The molecule has 15 nitrogen and oxygen atoms in total. The third kappa shape index (κ3) is 10.4. The second kappa shape index (κ2) is 18.1. The molecule has 4 N–H and O–H groups in total. The van der Waals surface area contributed by atoms with Crippen molar-refractivity contribution in [2.45, 2.75) is 75.6 Å². The number of phenols is 1. The molecule has 3 heterocycles. The van der Waals surface area contributed by atoms with Crippen molar-refractivity contribution in [3.63, 3.8) is 0 Å². The van der Waals surface area contributed by atoms with Crippen molar-refractivity contribution >= 4 is 49.0 Å². The number of nitrogens with zero attached hydrogens (tertiary/aromatic N) is 5. The number of urea groups is 1. The highest BCUT2D eigenvalue weighted by molar-refractivity contribution is 7.92. The molecule has 1 saturated heterocycles. The molecule has 1 aliphatic rings. The minimum atomic E-state index is -4.43. The highest BCUT2D eigenvalue weighted by Gasteiger charge is 2.41. The summed E-state index contributed by atoms with van der Waals surface area (Å²) in [5.41, 5.74) is 1.18. The van der Waals surface area contributed by atoms with Crippen molar-refractivity contribution in [2.75, 3.05) is 30.9 Å². The number of carbonyl (C=O) groups excluding carboxylic acids is 2. The number of sulfonamides is 2. The van der Waals surface area contributed by atoms with E-state index in [9.17, 15) is 36.6 Å². The van der Waals surface area contributed by atoms with Crippen molar-refractivity contribution in [3.8, 4) is 5.75 Å². The Balaban J connectivity index is 1.39. The lowest BCUT2D eigenvalue weighted by molar-refractivity contribution is -0.128. The van der Waals surface area contributed by atoms with Crippen LogP contribution in [0.2, 0.25) is 0 Å². The first-order valence-corrected chi connectivity index (χ1v) is 22.0. The van der Waals surface area contributed by atoms with Crippen molar-refractivity contribution in [3.05, 3.63) is 94.7 Å². The van der Waals surface area contributed by atoms with Crippen molar-refractivity contribution < 1.29 is 36.6 Å². The number of nitrogens with one attached hydrogen (secondary N) is 2. The number of anilines is 1. The summed E-state index contributed by atoms with van der Waals surface area (Å²) >= 11 is 1.50. The van der Waals surface area contributed by atoms with Gasteiger partial charge in [0.05, 0.1) is 40.0 Å². The molecule has 56 heavy (non-hydrogen) atoms. The number of amides is 3. The zero-order valence-electron chi connectivity index (χ0n) is 31.9. The maximum Gasteiger partial charge on any atom is 0.321 e. The van der Waals surface area contributed by atoms with Crippen LogP contribution in [0.4, 0.5) is 10.5 Å². The summed E-state index contributed by atoms with van der Waals surface area (Å²) in [5.74, 6) is -1.49. The maximum atomic E-state index is 14.3. The van der Waals surface area contributed by atoms with Gasteiger partial charge in [-0.05, 0) is 61.1 Å². The van der Waals surface area contributed by atoms with Gasteiger partial charge in [-0.25, -0.2) is 26.6 Å². The van der Waals surface area contributed by atoms with E-state index < -0.39 is 56.4 Å². The van der Waals surface area contributed by atoms with Crippen LogP contribution in [0.25, 0.3) is 0 Å². The van der Waals surface area contributed by atoms with Gasteiger partial charge < -0.3 is 25.3 Å². The Kier molecular flexibility index (Phi) is 13.7. The number of carbonyl (C=O) groups is 2. The van der Waals surface area contributed by atoms with Gasteiger partial charge in [0.15, 0.2) is 0 Å². The number of aromatic hydroxyl groups is 1. The number of aliphatic hydroxyl groups is 1. The number of hydrogen-bond acceptors (Lipinski definition) is 11. The molecule has 4 aromatic rings. The standard InChI is InChI=1S/C38H49N7O8S3/c1-25(2)21-44(56(52,53)30-13-14-34(46)33(19-30)42-55(50,51)31-12-9-15-39-20-31)23-35(47)32(18-28-10-7-6-8-11-28)41-37(48)36(26(3)4)45-17-16-43(38(45)49)22-29-24-54-27(5)40-29/h6-15,19-20,24-26,32,35-36,42,46-47H,16-18,21-23H2,1-5H3,(H,41,48)/t32-,35+,36?/m0/s1. The van der Waals surface area contributed by atoms with Crippen LogP contribution in [-0.2, 0) is 37.8 Å². The molecule has 1 fully saturated rings. The third-order valence-corrected chi connectivity index (χ3v) is 13.2. The molecule has 0 saturated carbocycles. The van der Waals surface area contributed by atoms with Gasteiger partial charge in [-0.1, -0.05) is 58.0 Å². The smallest absolute Gasteiger partial charge is 0.321 e. The molecule has 0 aliphatic carbocycles. The maximum absolute atomic E-state index is 14.3. The minimum absolute atomic E-state index is 0.0335. The van der Waals surface area contributed by atoms with Gasteiger partial charge >= 0.3 is 6.03 Å². The number of phenolic OH excluding ortho intramolecular Hbond substituents is 1. The number of benzene rings is 2. The summed E-state index contributed by atoms with van der Waals surface area (Å²) in [7, 11) is -8.67. The number of aryl methyl sites for hydroxylation is 1. The van der Waals surface area contributed by atoms with Crippen LogP contribution in [0, 0.1) is 18.8 Å². The van der Waals surface area contributed by atoms with Gasteiger partial charge in [0.25, 0.3) is 10.0 Å². The van der Waals surface area contributed by atoms with Gasteiger partial charge in [0.1, 0.15) is 16.7 Å². The Bertz CT molecular complexity index is 2190. The second-order valence-electron chi connectivity index (χ2n) is 14.5. The summed E-state index contributed by atoms with van der Waals surface area (Å²) in [6.07, 6.45) is 1.23. The Hall–Kier alpha value is -4.62. The lowest BCUT2D eigenvalue weighted by Gasteiger charge is -2.34. The van der Waals surface area contributed by atoms with Crippen molar-refractivity contribution in [1.82, 2.24) is 29.4 Å². The predicted octanol–water partition coefficient (Wildman–Crippen LogP) is 4.05. The monoisotopic (exact) mass is 827 g/mol. The first-order valence-electron chi connectivity index (χ1n) is 18.2. The largest absolute Gasteiger partial charge is 0.506 e. The molecule has 18 heteroatoms. The summed E-state index contributed by atoms with van der Waals surface area (Å²) in [6, 6.07) is 12.9. The highest BCUT2D eigenvalue weighted by Crippen LogP contribution is 2.31. The van der Waals surface area contributed by atoms with E-state index in [1.807, 2.05) is 70.3 Å². The lowest BCUT2D eigenvalue weighted by Crippen LogP contribution is -2.57. The molecule has 1 aliphatic heterocycles. The molecule has 3 amide bonds. The van der Waals surface area contributed by atoms with Gasteiger partial charge in [-0.3, -0.25) is 14.5 Å². The quantitative estimate of drug-likeness (QED) is 0.106. The topological polar surface area (TPSA) is 202 Å². The SMILES string of the molecule is Cc1nc(CN2CCN(C(C(=O)N[C@@H](Cc3ccccc3)[C@H](O)CN(CC(C)C)S(=O)(=O)c3ccc(O)c(NS(=O)(=O)c4cccnc4)c3)C(C)C)C2=O)cs1. The first-order chi connectivity index (χ1) is 26.5. The second-order valence-corrected chi connectivity index (χ2v) is 19.2. The van der Waals surface area contributed by atoms with Crippen molar-refractivity contribution in [1.29, 1.82) is 0 Å². The van der Waals surface area contributed by atoms with Crippen LogP contribution < -0.4 is 10.0 Å². The lowest BCUT2D eigenvalue weighted by atomic mass is 9.97. The molecule has 0 radical (unpaired) electrons. The Morgan fingerprint density at radius 2 is 1.71 bits per heavy atom. The van der Waals surface area contributed by atoms with Crippen LogP contribution in [0.15, 0.2) is 88.2 Å².